The van der Waals surface area contributed by atoms with E-state index >= 15 is 0 Å². The molecule has 0 saturated heterocycles. The van der Waals surface area contributed by atoms with Crippen molar-refractivity contribution in [2.75, 3.05) is 18.5 Å². The van der Waals surface area contributed by atoms with E-state index in [1.807, 2.05) is 0 Å². The Balaban J connectivity index is 2.62. The van der Waals surface area contributed by atoms with E-state index in [-0.39, 0.29) is 6.04 Å². The quantitative estimate of drug-likeness (QED) is 0.826. The highest BCUT2D eigenvalue weighted by Crippen LogP contribution is 2.16. The molecule has 2 heteroatoms. The lowest BCUT2D eigenvalue weighted by Gasteiger charge is -2.25. The van der Waals surface area contributed by atoms with Gasteiger partial charge in [0, 0.05) is 25.3 Å². The lowest BCUT2D eigenvalue weighted by atomic mass is 10.0. The van der Waals surface area contributed by atoms with Crippen molar-refractivity contribution < 1.29 is 0 Å². The van der Waals surface area contributed by atoms with Crippen LogP contribution in [0.15, 0.2) is 24.3 Å². The van der Waals surface area contributed by atoms with Crippen LogP contribution in [0.4, 0.5) is 5.69 Å². The van der Waals surface area contributed by atoms with Crippen molar-refractivity contribution in [1.82, 2.24) is 0 Å². The Bertz CT molecular complexity index is 303. The maximum absolute atomic E-state index is 5.88. The highest BCUT2D eigenvalue weighted by molar-refractivity contribution is 5.46. The van der Waals surface area contributed by atoms with Gasteiger partial charge < -0.3 is 10.6 Å². The molecule has 2 N–H and O–H groups in total. The Morgan fingerprint density at radius 1 is 1.19 bits per heavy atom. The van der Waals surface area contributed by atoms with Crippen molar-refractivity contribution in [2.45, 2.75) is 33.2 Å². The molecule has 0 aliphatic carbocycles. The van der Waals surface area contributed by atoms with Gasteiger partial charge in [-0.15, -0.1) is 0 Å². The highest BCUT2D eigenvalue weighted by atomic mass is 15.1. The first-order chi connectivity index (χ1) is 7.54. The van der Waals surface area contributed by atoms with E-state index in [0.717, 1.165) is 13.0 Å². The minimum atomic E-state index is 0.248. The van der Waals surface area contributed by atoms with E-state index in [9.17, 15) is 0 Å². The van der Waals surface area contributed by atoms with Crippen LogP contribution in [-0.4, -0.2) is 19.6 Å². The minimum Gasteiger partial charge on any atom is -0.374 e. The zero-order chi connectivity index (χ0) is 12.1. The summed E-state index contributed by atoms with van der Waals surface area (Å²) < 4.78 is 0. The monoisotopic (exact) mass is 220 g/mol. The third kappa shape index (κ3) is 3.53. The normalized spacial score (nSPS) is 14.6. The first kappa shape index (κ1) is 13.0. The van der Waals surface area contributed by atoms with E-state index in [2.05, 4.69) is 57.0 Å². The maximum atomic E-state index is 5.88. The minimum absolute atomic E-state index is 0.248. The van der Waals surface area contributed by atoms with Crippen LogP contribution in [0, 0.1) is 5.92 Å². The second-order valence-corrected chi connectivity index (χ2v) is 4.74. The standard InChI is InChI=1S/C14H24N2/c1-5-13-6-8-14(9-7-13)16(4)10-11(2)12(3)15/h6-9,11-12H,5,10,15H2,1-4H3. The predicted molar refractivity (Wildman–Crippen MR) is 71.9 cm³/mol. The maximum Gasteiger partial charge on any atom is 0.0363 e. The zero-order valence-corrected chi connectivity index (χ0v) is 10.9. The number of anilines is 1. The van der Waals surface area contributed by atoms with Crippen molar-refractivity contribution in [2.24, 2.45) is 11.7 Å². The van der Waals surface area contributed by atoms with Gasteiger partial charge in [0.05, 0.1) is 0 Å². The van der Waals surface area contributed by atoms with E-state index < -0.39 is 0 Å². The molecule has 0 heterocycles. The summed E-state index contributed by atoms with van der Waals surface area (Å²) in [5.74, 6) is 0.510. The van der Waals surface area contributed by atoms with E-state index in [4.69, 9.17) is 5.73 Å². The molecule has 1 aromatic carbocycles. The van der Waals surface area contributed by atoms with Gasteiger partial charge in [0.1, 0.15) is 0 Å². The number of aryl methyl sites for hydroxylation is 1. The molecule has 2 unspecified atom stereocenters. The van der Waals surface area contributed by atoms with Gasteiger partial charge in [-0.05, 0) is 37.0 Å². The summed E-state index contributed by atoms with van der Waals surface area (Å²) in [7, 11) is 2.12. The lowest BCUT2D eigenvalue weighted by Crippen LogP contribution is -2.34. The Morgan fingerprint density at radius 3 is 2.19 bits per heavy atom. The molecular formula is C14H24N2. The summed E-state index contributed by atoms with van der Waals surface area (Å²) in [6.45, 7) is 7.44. The van der Waals surface area contributed by atoms with Gasteiger partial charge in [0.25, 0.3) is 0 Å². The number of nitrogens with zero attached hydrogens (tertiary/aromatic N) is 1. The summed E-state index contributed by atoms with van der Waals surface area (Å²) >= 11 is 0. The van der Waals surface area contributed by atoms with Crippen molar-refractivity contribution in [1.29, 1.82) is 0 Å². The largest absolute Gasteiger partial charge is 0.374 e. The van der Waals surface area contributed by atoms with Crippen molar-refractivity contribution in [3.8, 4) is 0 Å². The Kier molecular flexibility index (Phi) is 4.81. The molecule has 90 valence electrons. The van der Waals surface area contributed by atoms with Gasteiger partial charge in [0.15, 0.2) is 0 Å². The first-order valence-corrected chi connectivity index (χ1v) is 6.10. The molecule has 1 rings (SSSR count). The number of hydrogen-bond acceptors (Lipinski definition) is 2. The number of benzene rings is 1. The molecule has 0 fully saturated rings. The van der Waals surface area contributed by atoms with Gasteiger partial charge in [-0.1, -0.05) is 26.0 Å². The van der Waals surface area contributed by atoms with Crippen LogP contribution in [0.2, 0.25) is 0 Å². The van der Waals surface area contributed by atoms with E-state index in [1.54, 1.807) is 0 Å². The fraction of sp³-hybridized carbons (Fsp3) is 0.571. The fourth-order valence-corrected chi connectivity index (χ4v) is 1.69. The molecule has 0 amide bonds. The van der Waals surface area contributed by atoms with Crippen molar-refractivity contribution >= 4 is 5.69 Å². The van der Waals surface area contributed by atoms with Gasteiger partial charge in [-0.2, -0.15) is 0 Å². The summed E-state index contributed by atoms with van der Waals surface area (Å²) in [6.07, 6.45) is 1.10. The number of rotatable bonds is 5. The molecule has 0 saturated carbocycles. The smallest absolute Gasteiger partial charge is 0.0363 e. The highest BCUT2D eigenvalue weighted by Gasteiger charge is 2.10. The van der Waals surface area contributed by atoms with Crippen molar-refractivity contribution in [3.63, 3.8) is 0 Å². The molecule has 0 spiro atoms. The number of hydrogen-bond donors (Lipinski definition) is 1. The molecular weight excluding hydrogens is 196 g/mol. The Morgan fingerprint density at radius 2 is 1.75 bits per heavy atom. The zero-order valence-electron chi connectivity index (χ0n) is 10.9. The van der Waals surface area contributed by atoms with Crippen LogP contribution in [0.25, 0.3) is 0 Å². The Labute approximate surface area is 99.5 Å². The molecule has 2 atom stereocenters. The first-order valence-electron chi connectivity index (χ1n) is 6.10. The lowest BCUT2D eigenvalue weighted by molar-refractivity contribution is 0.485. The third-order valence-corrected chi connectivity index (χ3v) is 3.24. The van der Waals surface area contributed by atoms with Gasteiger partial charge in [-0.25, -0.2) is 0 Å². The third-order valence-electron chi connectivity index (χ3n) is 3.24. The molecule has 0 bridgehead atoms. The van der Waals surface area contributed by atoms with Crippen LogP contribution < -0.4 is 10.6 Å². The van der Waals surface area contributed by atoms with Crippen LogP contribution in [-0.2, 0) is 6.42 Å². The fourth-order valence-electron chi connectivity index (χ4n) is 1.69. The van der Waals surface area contributed by atoms with Crippen LogP contribution >= 0.6 is 0 Å². The van der Waals surface area contributed by atoms with Crippen molar-refractivity contribution in [3.05, 3.63) is 29.8 Å². The molecule has 0 aliphatic heterocycles. The van der Waals surface area contributed by atoms with Gasteiger partial charge >= 0.3 is 0 Å². The van der Waals surface area contributed by atoms with Gasteiger partial charge in [-0.3, -0.25) is 0 Å². The molecule has 0 radical (unpaired) electrons. The summed E-state index contributed by atoms with van der Waals surface area (Å²) in [5, 5.41) is 0. The second kappa shape index (κ2) is 5.90. The summed E-state index contributed by atoms with van der Waals surface area (Å²) in [6, 6.07) is 9.02. The predicted octanol–water partition coefficient (Wildman–Crippen LogP) is 2.67. The second-order valence-electron chi connectivity index (χ2n) is 4.74. The molecule has 0 aromatic heterocycles. The van der Waals surface area contributed by atoms with Crippen LogP contribution in [0.1, 0.15) is 26.3 Å². The van der Waals surface area contributed by atoms with Gasteiger partial charge in [0.2, 0.25) is 0 Å². The van der Waals surface area contributed by atoms with E-state index in [0.29, 0.717) is 5.92 Å². The Hall–Kier alpha value is -1.02. The summed E-state index contributed by atoms with van der Waals surface area (Å²) in [4.78, 5) is 2.27. The molecule has 0 aliphatic rings. The van der Waals surface area contributed by atoms with Crippen LogP contribution in [0.3, 0.4) is 0 Å². The SMILES string of the molecule is CCc1ccc(N(C)CC(C)C(C)N)cc1. The number of nitrogens with two attached hydrogens (primary N) is 1. The summed E-state index contributed by atoms with van der Waals surface area (Å²) in [5.41, 5.74) is 8.54. The van der Waals surface area contributed by atoms with E-state index in [1.165, 1.54) is 11.3 Å². The topological polar surface area (TPSA) is 29.3 Å². The van der Waals surface area contributed by atoms with Crippen LogP contribution in [0.5, 0.6) is 0 Å². The average Bonchev–Trinajstić information content (AvgIpc) is 2.28. The molecule has 1 aromatic rings. The average molecular weight is 220 g/mol. The molecule has 2 nitrogen and oxygen atoms in total. The molecule has 16 heavy (non-hydrogen) atoms.